The van der Waals surface area contributed by atoms with Gasteiger partial charge < -0.3 is 24.1 Å². The molecule has 0 unspecified atom stereocenters. The number of rotatable bonds is 1. The molecule has 0 aromatic heterocycles. The van der Waals surface area contributed by atoms with Gasteiger partial charge in [0.1, 0.15) is 0 Å². The molecule has 3 aliphatic heterocycles. The third-order valence-electron chi connectivity index (χ3n) is 6.01. The predicted octanol–water partition coefficient (Wildman–Crippen LogP) is 1.16. The van der Waals surface area contributed by atoms with Crippen LogP contribution < -0.4 is 9.47 Å². The first-order valence-electron chi connectivity index (χ1n) is 8.29. The highest BCUT2D eigenvalue weighted by molar-refractivity contribution is 5.56. The van der Waals surface area contributed by atoms with Crippen LogP contribution in [0.3, 0.4) is 0 Å². The molecule has 1 aromatic carbocycles. The Morgan fingerprint density at radius 3 is 2.88 bits per heavy atom. The number of hydrogen-bond acceptors (Lipinski definition) is 6. The number of nitrogens with zero attached hydrogens (tertiary/aromatic N) is 1. The van der Waals surface area contributed by atoms with E-state index in [4.69, 9.17) is 18.9 Å². The molecule has 24 heavy (non-hydrogen) atoms. The summed E-state index contributed by atoms with van der Waals surface area (Å²) in [6.45, 7) is 1.07. The summed E-state index contributed by atoms with van der Waals surface area (Å²) in [6, 6.07) is 4.10. The van der Waals surface area contributed by atoms with Gasteiger partial charge in [0.05, 0.1) is 24.7 Å². The quantitative estimate of drug-likeness (QED) is 0.780. The van der Waals surface area contributed by atoms with E-state index in [0.717, 1.165) is 29.0 Å². The van der Waals surface area contributed by atoms with Gasteiger partial charge in [0.25, 0.3) is 0 Å². The summed E-state index contributed by atoms with van der Waals surface area (Å²) in [5, 5.41) is 11.4. The van der Waals surface area contributed by atoms with E-state index in [2.05, 4.69) is 11.0 Å². The Labute approximate surface area is 140 Å². The van der Waals surface area contributed by atoms with Crippen molar-refractivity contribution >= 4 is 0 Å². The molecule has 6 heteroatoms. The van der Waals surface area contributed by atoms with Crippen LogP contribution in [-0.4, -0.2) is 55.4 Å². The Morgan fingerprint density at radius 2 is 2.08 bits per heavy atom. The number of β-amino-alcohol motifs (C(OH)–C–C–N with tert-alkyl or cyclic N) is 1. The molecule has 128 valence electrons. The summed E-state index contributed by atoms with van der Waals surface area (Å²) < 4.78 is 22.6. The number of aliphatic hydroxyl groups is 1. The molecule has 5 rings (SSSR count). The van der Waals surface area contributed by atoms with Gasteiger partial charge in [0.2, 0.25) is 6.79 Å². The van der Waals surface area contributed by atoms with Crippen molar-refractivity contribution in [3.8, 4) is 11.5 Å². The molecule has 1 saturated heterocycles. The van der Waals surface area contributed by atoms with Crippen LogP contribution in [0, 0.1) is 0 Å². The van der Waals surface area contributed by atoms with Crippen LogP contribution in [0.5, 0.6) is 11.5 Å². The number of hydrogen-bond donors (Lipinski definition) is 1. The zero-order valence-corrected chi connectivity index (χ0v) is 13.8. The van der Waals surface area contributed by atoms with Crippen molar-refractivity contribution in [1.29, 1.82) is 0 Å². The lowest BCUT2D eigenvalue weighted by Gasteiger charge is -2.49. The Hall–Kier alpha value is -1.60. The van der Waals surface area contributed by atoms with E-state index in [1.807, 2.05) is 25.3 Å². The van der Waals surface area contributed by atoms with Crippen molar-refractivity contribution in [3.63, 3.8) is 0 Å². The molecule has 4 aliphatic rings. The van der Waals surface area contributed by atoms with Crippen LogP contribution in [-0.2, 0) is 21.5 Å². The molecule has 6 nitrogen and oxygen atoms in total. The third kappa shape index (κ3) is 1.64. The van der Waals surface area contributed by atoms with Gasteiger partial charge in [0.15, 0.2) is 17.3 Å². The van der Waals surface area contributed by atoms with Gasteiger partial charge in [-0.05, 0) is 36.7 Å². The summed E-state index contributed by atoms with van der Waals surface area (Å²) in [6.07, 6.45) is 4.98. The molecule has 0 bridgehead atoms. The van der Waals surface area contributed by atoms with Crippen molar-refractivity contribution in [3.05, 3.63) is 35.4 Å². The Morgan fingerprint density at radius 1 is 1.29 bits per heavy atom. The summed E-state index contributed by atoms with van der Waals surface area (Å²) >= 11 is 0. The second-order valence-electron chi connectivity index (χ2n) is 7.10. The molecular formula is C18H21NO5. The van der Waals surface area contributed by atoms with Crippen LogP contribution in [0.4, 0.5) is 0 Å². The zero-order valence-electron chi connectivity index (χ0n) is 13.8. The first-order chi connectivity index (χ1) is 11.6. The fourth-order valence-electron chi connectivity index (χ4n) is 4.86. The van der Waals surface area contributed by atoms with Crippen molar-refractivity contribution in [1.82, 2.24) is 4.90 Å². The normalized spacial score (nSPS) is 39.5. The molecular weight excluding hydrogens is 310 g/mol. The fourth-order valence-corrected chi connectivity index (χ4v) is 4.86. The molecule has 1 N–H and O–H groups in total. The average Bonchev–Trinajstić information content (AvgIpc) is 3.13. The van der Waals surface area contributed by atoms with Gasteiger partial charge in [-0.2, -0.15) is 0 Å². The van der Waals surface area contributed by atoms with Crippen molar-refractivity contribution in [2.24, 2.45) is 0 Å². The molecule has 1 aliphatic carbocycles. The summed E-state index contributed by atoms with van der Waals surface area (Å²) in [5.74, 6) is 0.238. The lowest BCUT2D eigenvalue weighted by molar-refractivity contribution is -0.236. The van der Waals surface area contributed by atoms with Gasteiger partial charge >= 0.3 is 0 Å². The van der Waals surface area contributed by atoms with Crippen molar-refractivity contribution in [2.45, 2.75) is 36.4 Å². The van der Waals surface area contributed by atoms with Crippen LogP contribution in [0.2, 0.25) is 0 Å². The maximum absolute atomic E-state index is 11.4. The second-order valence-corrected chi connectivity index (χ2v) is 7.10. The molecule has 0 amide bonds. The van der Waals surface area contributed by atoms with E-state index < -0.39 is 11.2 Å². The van der Waals surface area contributed by atoms with E-state index in [9.17, 15) is 5.11 Å². The zero-order chi connectivity index (χ0) is 16.5. The summed E-state index contributed by atoms with van der Waals surface area (Å²) in [4.78, 5) is 2.18. The molecule has 1 aromatic rings. The number of benzene rings is 1. The lowest BCUT2D eigenvalue weighted by Crippen LogP contribution is -2.59. The second kappa shape index (κ2) is 4.73. The lowest BCUT2D eigenvalue weighted by atomic mass is 9.64. The number of likely N-dealkylation sites (N-methyl/N-ethyl adjacent to an activating group) is 1. The number of ether oxygens (including phenoxy) is 4. The van der Waals surface area contributed by atoms with Crippen LogP contribution in [0.1, 0.15) is 17.5 Å². The van der Waals surface area contributed by atoms with Gasteiger partial charge in [-0.3, -0.25) is 4.90 Å². The van der Waals surface area contributed by atoms with E-state index in [0.29, 0.717) is 13.2 Å². The molecule has 1 spiro atoms. The fraction of sp³-hybridized carbons (Fsp3) is 0.556. The highest BCUT2D eigenvalue weighted by Crippen LogP contribution is 2.56. The largest absolute Gasteiger partial charge is 0.454 e. The Balaban J connectivity index is 1.74. The topological polar surface area (TPSA) is 60.4 Å². The predicted molar refractivity (Wildman–Crippen MR) is 85.0 cm³/mol. The van der Waals surface area contributed by atoms with Crippen molar-refractivity contribution < 1.29 is 24.1 Å². The standard InChI is InChI=1S/C18H21NO5/c1-19-9-18(20)17(4-3-12(21-2)6-16(17)19)13-7-15-14(22-10-23-15)5-11(13)8-24-18/h3-5,7,12,16,20H,6,8-10H2,1-2H3/t12-,16+,17-,18+/m0/s1. The number of likely N-dealkylation sites (tertiary alicyclic amines) is 1. The van der Waals surface area contributed by atoms with Gasteiger partial charge in [0, 0.05) is 13.2 Å². The minimum absolute atomic E-state index is 0.0461. The Bertz CT molecular complexity index is 734. The van der Waals surface area contributed by atoms with E-state index in [1.54, 1.807) is 7.11 Å². The molecule has 0 saturated carbocycles. The molecule has 0 radical (unpaired) electrons. The van der Waals surface area contributed by atoms with Gasteiger partial charge in [-0.25, -0.2) is 0 Å². The average molecular weight is 331 g/mol. The maximum atomic E-state index is 11.4. The van der Waals surface area contributed by atoms with Crippen molar-refractivity contribution in [2.75, 3.05) is 27.5 Å². The molecule has 1 fully saturated rings. The summed E-state index contributed by atoms with van der Waals surface area (Å²) in [7, 11) is 3.75. The van der Waals surface area contributed by atoms with E-state index in [-0.39, 0.29) is 18.9 Å². The Kier molecular flexibility index (Phi) is 2.90. The summed E-state index contributed by atoms with van der Waals surface area (Å²) in [5.41, 5.74) is 1.50. The van der Waals surface area contributed by atoms with E-state index in [1.165, 1.54) is 0 Å². The van der Waals surface area contributed by atoms with Crippen LogP contribution >= 0.6 is 0 Å². The number of methoxy groups -OCH3 is 1. The molecule has 4 atom stereocenters. The first-order valence-corrected chi connectivity index (χ1v) is 8.29. The minimum atomic E-state index is -1.25. The number of fused-ring (bicyclic) bond motifs is 2. The SMILES string of the molecule is CO[C@H]1C=C[C@@]23c4cc5c(cc4CO[C@]2(O)CN(C)[C@@H]3C1)OCO5. The van der Waals surface area contributed by atoms with Crippen LogP contribution in [0.25, 0.3) is 0 Å². The maximum Gasteiger partial charge on any atom is 0.231 e. The molecule has 3 heterocycles. The van der Waals surface area contributed by atoms with E-state index >= 15 is 0 Å². The highest BCUT2D eigenvalue weighted by atomic mass is 16.7. The smallest absolute Gasteiger partial charge is 0.231 e. The van der Waals surface area contributed by atoms with Crippen LogP contribution in [0.15, 0.2) is 24.3 Å². The minimum Gasteiger partial charge on any atom is -0.454 e. The highest BCUT2D eigenvalue weighted by Gasteiger charge is 2.66. The monoisotopic (exact) mass is 331 g/mol. The van der Waals surface area contributed by atoms with Gasteiger partial charge in [-0.1, -0.05) is 12.2 Å². The third-order valence-corrected chi connectivity index (χ3v) is 6.01. The first kappa shape index (κ1) is 14.7. The van der Waals surface area contributed by atoms with Gasteiger partial charge in [-0.15, -0.1) is 0 Å².